The molecule has 0 aliphatic heterocycles. The summed E-state index contributed by atoms with van der Waals surface area (Å²) in [5.41, 5.74) is 0.783. The molecular weight excluding hydrogens is 202 g/mol. The van der Waals surface area contributed by atoms with E-state index >= 15 is 0 Å². The van der Waals surface area contributed by atoms with Crippen LogP contribution in [0.1, 0.15) is 25.5 Å². The lowest BCUT2D eigenvalue weighted by Gasteiger charge is -2.07. The van der Waals surface area contributed by atoms with Gasteiger partial charge in [-0.15, -0.1) is 0 Å². The van der Waals surface area contributed by atoms with Gasteiger partial charge in [0.25, 0.3) is 5.56 Å². The van der Waals surface area contributed by atoms with Crippen molar-refractivity contribution in [1.82, 2.24) is 14.5 Å². The Hall–Kier alpha value is -1.97. The lowest BCUT2D eigenvalue weighted by Crippen LogP contribution is -2.17. The fourth-order valence-electron chi connectivity index (χ4n) is 1.38. The minimum atomic E-state index is -0.0993. The molecule has 0 saturated heterocycles. The normalized spacial score (nSPS) is 10.7. The van der Waals surface area contributed by atoms with Gasteiger partial charge < -0.3 is 0 Å². The van der Waals surface area contributed by atoms with Crippen LogP contribution < -0.4 is 5.56 Å². The van der Waals surface area contributed by atoms with E-state index in [4.69, 9.17) is 0 Å². The molecule has 0 fully saturated rings. The molecule has 0 aliphatic carbocycles. The molecule has 0 atom stereocenters. The van der Waals surface area contributed by atoms with E-state index in [0.717, 1.165) is 5.69 Å². The molecule has 82 valence electrons. The highest BCUT2D eigenvalue weighted by Crippen LogP contribution is 2.10. The predicted molar refractivity (Wildman–Crippen MR) is 61.7 cm³/mol. The molecule has 4 nitrogen and oxygen atoms in total. The van der Waals surface area contributed by atoms with E-state index in [1.807, 2.05) is 13.8 Å². The summed E-state index contributed by atoms with van der Waals surface area (Å²) in [5, 5.41) is 0. The fraction of sp³-hybridized carbons (Fsp3) is 0.250. The predicted octanol–water partition coefficient (Wildman–Crippen LogP) is 1.75. The van der Waals surface area contributed by atoms with Crippen molar-refractivity contribution < 1.29 is 0 Å². The zero-order chi connectivity index (χ0) is 11.5. The molecule has 0 saturated carbocycles. The van der Waals surface area contributed by atoms with E-state index in [-0.39, 0.29) is 5.56 Å². The Kier molecular flexibility index (Phi) is 2.81. The van der Waals surface area contributed by atoms with Gasteiger partial charge in [0.15, 0.2) is 5.82 Å². The minimum Gasteiger partial charge on any atom is -0.269 e. The van der Waals surface area contributed by atoms with Crippen LogP contribution in [0, 0.1) is 0 Å². The second-order valence-corrected chi connectivity index (χ2v) is 3.87. The Balaban J connectivity index is 2.53. The third kappa shape index (κ3) is 2.00. The molecule has 0 aromatic carbocycles. The zero-order valence-electron chi connectivity index (χ0n) is 9.29. The minimum absolute atomic E-state index is 0.0993. The van der Waals surface area contributed by atoms with Crippen LogP contribution in [0.4, 0.5) is 0 Å². The third-order valence-electron chi connectivity index (χ3n) is 2.30. The van der Waals surface area contributed by atoms with Gasteiger partial charge in [0.05, 0.1) is 11.9 Å². The maximum Gasteiger partial charge on any atom is 0.256 e. The average molecular weight is 215 g/mol. The van der Waals surface area contributed by atoms with E-state index in [0.29, 0.717) is 11.7 Å². The van der Waals surface area contributed by atoms with Crippen molar-refractivity contribution in [2.45, 2.75) is 19.8 Å². The molecule has 0 N–H and O–H groups in total. The first-order chi connectivity index (χ1) is 7.68. The summed E-state index contributed by atoms with van der Waals surface area (Å²) < 4.78 is 1.48. The first kappa shape index (κ1) is 10.5. The van der Waals surface area contributed by atoms with Gasteiger partial charge in [0.1, 0.15) is 0 Å². The zero-order valence-corrected chi connectivity index (χ0v) is 9.29. The second kappa shape index (κ2) is 4.26. The third-order valence-corrected chi connectivity index (χ3v) is 2.30. The quantitative estimate of drug-likeness (QED) is 0.766. The van der Waals surface area contributed by atoms with E-state index < -0.39 is 0 Å². The van der Waals surface area contributed by atoms with E-state index in [9.17, 15) is 4.79 Å². The van der Waals surface area contributed by atoms with Crippen molar-refractivity contribution in [3.05, 3.63) is 52.8 Å². The molecule has 0 unspecified atom stereocenters. The Morgan fingerprint density at radius 1 is 1.25 bits per heavy atom. The Bertz CT molecular complexity index is 546. The lowest BCUT2D eigenvalue weighted by atomic mass is 10.1. The number of hydrogen-bond donors (Lipinski definition) is 0. The first-order valence-corrected chi connectivity index (χ1v) is 5.18. The summed E-state index contributed by atoms with van der Waals surface area (Å²) in [4.78, 5) is 20.1. The summed E-state index contributed by atoms with van der Waals surface area (Å²) >= 11 is 0. The molecule has 0 amide bonds. The van der Waals surface area contributed by atoms with E-state index in [2.05, 4.69) is 9.97 Å². The van der Waals surface area contributed by atoms with Gasteiger partial charge in [-0.1, -0.05) is 19.9 Å². The molecule has 0 aliphatic rings. The highest BCUT2D eigenvalue weighted by atomic mass is 16.1. The molecule has 16 heavy (non-hydrogen) atoms. The van der Waals surface area contributed by atoms with Crippen LogP contribution in [-0.2, 0) is 0 Å². The molecule has 0 radical (unpaired) electrons. The van der Waals surface area contributed by atoms with E-state index in [1.54, 1.807) is 30.7 Å². The van der Waals surface area contributed by atoms with Crippen LogP contribution in [0.15, 0.2) is 41.6 Å². The number of rotatable bonds is 2. The molecule has 2 aromatic rings. The van der Waals surface area contributed by atoms with Crippen molar-refractivity contribution >= 4 is 0 Å². The largest absolute Gasteiger partial charge is 0.269 e. The van der Waals surface area contributed by atoms with Crippen molar-refractivity contribution in [1.29, 1.82) is 0 Å². The topological polar surface area (TPSA) is 47.8 Å². The highest BCUT2D eigenvalue weighted by Gasteiger charge is 2.05. The van der Waals surface area contributed by atoms with Crippen molar-refractivity contribution in [3.8, 4) is 5.82 Å². The molecule has 4 heteroatoms. The molecule has 2 heterocycles. The number of hydrogen-bond acceptors (Lipinski definition) is 3. The van der Waals surface area contributed by atoms with Crippen LogP contribution in [0.3, 0.4) is 0 Å². The van der Waals surface area contributed by atoms with Gasteiger partial charge in [0, 0.05) is 18.5 Å². The SMILES string of the molecule is CC(C)c1cncc(-n2ccccc2=O)n1. The lowest BCUT2D eigenvalue weighted by molar-refractivity contribution is 0.791. The van der Waals surface area contributed by atoms with Gasteiger partial charge in [0.2, 0.25) is 0 Å². The van der Waals surface area contributed by atoms with Crippen LogP contribution >= 0.6 is 0 Å². The standard InChI is InChI=1S/C12H13N3O/c1-9(2)10-7-13-8-11(14-10)15-6-4-3-5-12(15)16/h3-9H,1-2H3. The van der Waals surface area contributed by atoms with Crippen LogP contribution in [0.5, 0.6) is 0 Å². The monoisotopic (exact) mass is 215 g/mol. The maximum atomic E-state index is 11.6. The van der Waals surface area contributed by atoms with Crippen LogP contribution in [0.25, 0.3) is 5.82 Å². The fourth-order valence-corrected chi connectivity index (χ4v) is 1.38. The van der Waals surface area contributed by atoms with Gasteiger partial charge in [-0.05, 0) is 12.0 Å². The van der Waals surface area contributed by atoms with Gasteiger partial charge in [-0.2, -0.15) is 0 Å². The highest BCUT2D eigenvalue weighted by molar-refractivity contribution is 5.21. The first-order valence-electron chi connectivity index (χ1n) is 5.18. The summed E-state index contributed by atoms with van der Waals surface area (Å²) in [6, 6.07) is 5.01. The van der Waals surface area contributed by atoms with Gasteiger partial charge in [-0.25, -0.2) is 4.98 Å². The summed E-state index contributed by atoms with van der Waals surface area (Å²) in [6.45, 7) is 4.09. The van der Waals surface area contributed by atoms with Crippen LogP contribution in [-0.4, -0.2) is 14.5 Å². The summed E-state index contributed by atoms with van der Waals surface area (Å²) in [7, 11) is 0. The molecular formula is C12H13N3O. The molecule has 2 aromatic heterocycles. The van der Waals surface area contributed by atoms with Gasteiger partial charge in [-0.3, -0.25) is 14.3 Å². The molecule has 2 rings (SSSR count). The molecule has 0 bridgehead atoms. The number of nitrogens with zero attached hydrogens (tertiary/aromatic N) is 3. The Labute approximate surface area is 93.6 Å². The maximum absolute atomic E-state index is 11.6. The van der Waals surface area contributed by atoms with Crippen molar-refractivity contribution in [2.75, 3.05) is 0 Å². The number of pyridine rings is 1. The average Bonchev–Trinajstić information content (AvgIpc) is 2.30. The van der Waals surface area contributed by atoms with E-state index in [1.165, 1.54) is 10.6 Å². The van der Waals surface area contributed by atoms with Gasteiger partial charge >= 0.3 is 0 Å². The van der Waals surface area contributed by atoms with Crippen molar-refractivity contribution in [3.63, 3.8) is 0 Å². The van der Waals surface area contributed by atoms with Crippen LogP contribution in [0.2, 0.25) is 0 Å². The number of aromatic nitrogens is 3. The smallest absolute Gasteiger partial charge is 0.256 e. The Morgan fingerprint density at radius 3 is 2.75 bits per heavy atom. The summed E-state index contributed by atoms with van der Waals surface area (Å²) in [6.07, 6.45) is 5.01. The molecule has 0 spiro atoms. The Morgan fingerprint density at radius 2 is 2.06 bits per heavy atom. The summed E-state index contributed by atoms with van der Waals surface area (Å²) in [5.74, 6) is 0.865. The van der Waals surface area contributed by atoms with Crippen molar-refractivity contribution in [2.24, 2.45) is 0 Å². The second-order valence-electron chi connectivity index (χ2n) is 3.87.